The quantitative estimate of drug-likeness (QED) is 0.279. The van der Waals surface area contributed by atoms with Crippen molar-refractivity contribution >= 4 is 17.7 Å². The van der Waals surface area contributed by atoms with Crippen molar-refractivity contribution in [1.82, 2.24) is 5.32 Å². The van der Waals surface area contributed by atoms with E-state index in [1.807, 2.05) is 6.08 Å². The van der Waals surface area contributed by atoms with Crippen molar-refractivity contribution in [2.45, 2.75) is 76.4 Å². The van der Waals surface area contributed by atoms with E-state index in [1.165, 1.54) is 0 Å². The molecule has 0 aromatic rings. The maximum atomic E-state index is 13.0. The van der Waals surface area contributed by atoms with E-state index in [4.69, 9.17) is 4.74 Å². The monoisotopic (exact) mass is 405 g/mol. The summed E-state index contributed by atoms with van der Waals surface area (Å²) in [6, 6.07) is 0. The molecule has 2 fully saturated rings. The molecule has 0 aromatic carbocycles. The molecular weight excluding hydrogens is 370 g/mol. The second-order valence-corrected chi connectivity index (χ2v) is 8.27. The number of Topliss-reactive ketones (excluding diaryl/α,β-unsaturated/α-hetero) is 1. The molecule has 2 N–H and O–H groups in total. The fourth-order valence-electron chi connectivity index (χ4n) is 4.36. The molecule has 0 saturated heterocycles. The molecule has 2 rings (SSSR count). The molecule has 162 valence electrons. The molecule has 6 heteroatoms. The molecular formula is C23H35NO5. The number of aliphatic hydroxyl groups excluding tert-OH is 1. The minimum absolute atomic E-state index is 0.0340. The summed E-state index contributed by atoms with van der Waals surface area (Å²) in [7, 11) is 0. The predicted molar refractivity (Wildman–Crippen MR) is 111 cm³/mol. The highest BCUT2D eigenvalue weighted by atomic mass is 16.5. The van der Waals surface area contributed by atoms with Crippen LogP contribution in [-0.4, -0.2) is 41.0 Å². The number of rotatable bonds is 13. The lowest BCUT2D eigenvalue weighted by molar-refractivity contribution is -0.150. The molecule has 1 amide bonds. The second kappa shape index (κ2) is 10.7. The van der Waals surface area contributed by atoms with Crippen LogP contribution in [-0.2, 0) is 19.1 Å². The summed E-state index contributed by atoms with van der Waals surface area (Å²) in [5.41, 5.74) is -1.07. The van der Waals surface area contributed by atoms with E-state index >= 15 is 0 Å². The van der Waals surface area contributed by atoms with Gasteiger partial charge in [-0.25, -0.2) is 4.79 Å². The number of carbonyl (C=O) groups excluding carboxylic acids is 3. The first-order chi connectivity index (χ1) is 13.9. The van der Waals surface area contributed by atoms with Gasteiger partial charge in [0.2, 0.25) is 5.91 Å². The zero-order valence-corrected chi connectivity index (χ0v) is 17.5. The molecule has 2 aliphatic carbocycles. The predicted octanol–water partition coefficient (Wildman–Crippen LogP) is 3.09. The maximum absolute atomic E-state index is 13.0. The third-order valence-electron chi connectivity index (χ3n) is 6.15. The van der Waals surface area contributed by atoms with Crippen LogP contribution < -0.4 is 5.32 Å². The van der Waals surface area contributed by atoms with E-state index in [1.54, 1.807) is 13.0 Å². The molecule has 0 bridgehead atoms. The van der Waals surface area contributed by atoms with Crippen molar-refractivity contribution in [3.05, 3.63) is 25.3 Å². The first kappa shape index (κ1) is 23.3. The summed E-state index contributed by atoms with van der Waals surface area (Å²) < 4.78 is 5.13. The number of esters is 1. The van der Waals surface area contributed by atoms with Crippen LogP contribution in [0.5, 0.6) is 0 Å². The van der Waals surface area contributed by atoms with E-state index in [-0.39, 0.29) is 30.6 Å². The van der Waals surface area contributed by atoms with Crippen LogP contribution in [0.15, 0.2) is 25.3 Å². The normalized spacial score (nSPS) is 30.4. The molecule has 29 heavy (non-hydrogen) atoms. The first-order valence-corrected chi connectivity index (χ1v) is 10.8. The Kier molecular flexibility index (Phi) is 8.62. The van der Waals surface area contributed by atoms with Gasteiger partial charge in [-0.1, -0.05) is 25.0 Å². The summed E-state index contributed by atoms with van der Waals surface area (Å²) in [6.07, 6.45) is 9.20. The van der Waals surface area contributed by atoms with E-state index in [9.17, 15) is 19.5 Å². The van der Waals surface area contributed by atoms with Crippen molar-refractivity contribution in [2.75, 3.05) is 6.61 Å². The number of allylic oxidation sites excluding steroid dienone is 1. The summed E-state index contributed by atoms with van der Waals surface area (Å²) >= 11 is 0. The van der Waals surface area contributed by atoms with Gasteiger partial charge in [-0.2, -0.15) is 0 Å². The van der Waals surface area contributed by atoms with E-state index in [2.05, 4.69) is 18.5 Å². The van der Waals surface area contributed by atoms with Crippen LogP contribution in [0, 0.1) is 17.8 Å². The van der Waals surface area contributed by atoms with Crippen molar-refractivity contribution in [2.24, 2.45) is 17.8 Å². The maximum Gasteiger partial charge on any atom is 0.332 e. The third-order valence-corrected chi connectivity index (χ3v) is 6.15. The number of hydrogen-bond acceptors (Lipinski definition) is 5. The molecule has 0 unspecified atom stereocenters. The minimum Gasteiger partial charge on any atom is -0.464 e. The van der Waals surface area contributed by atoms with E-state index in [0.717, 1.165) is 32.1 Å². The zero-order valence-electron chi connectivity index (χ0n) is 17.5. The standard InChI is InChI=1S/C23H35NO5/c1-4-7-8-9-10-11-12-20(26)18-13-17(25)14-19(18)21(27)24-23(15-16(23)5-2)22(28)29-6-3/h4-5,16-19,25H,1-2,6-15H2,3H3,(H,24,27)/t16-,17-,18-,19-,23-/m1/s1. The van der Waals surface area contributed by atoms with Gasteiger partial charge in [-0.05, 0) is 45.4 Å². The Bertz CT molecular complexity index is 631. The van der Waals surface area contributed by atoms with Gasteiger partial charge in [-0.3, -0.25) is 9.59 Å². The Labute approximate surface area is 173 Å². The van der Waals surface area contributed by atoms with Crippen LogP contribution in [0.2, 0.25) is 0 Å². The average molecular weight is 406 g/mol. The number of ketones is 1. The Morgan fingerprint density at radius 3 is 2.45 bits per heavy atom. The topological polar surface area (TPSA) is 92.7 Å². The average Bonchev–Trinajstić information content (AvgIpc) is 3.27. The van der Waals surface area contributed by atoms with Crippen molar-refractivity contribution in [3.63, 3.8) is 0 Å². The molecule has 0 heterocycles. The van der Waals surface area contributed by atoms with Gasteiger partial charge >= 0.3 is 5.97 Å². The van der Waals surface area contributed by atoms with Crippen LogP contribution in [0.25, 0.3) is 0 Å². The largest absolute Gasteiger partial charge is 0.464 e. The summed E-state index contributed by atoms with van der Waals surface area (Å²) in [4.78, 5) is 38.0. The van der Waals surface area contributed by atoms with Crippen molar-refractivity contribution in [3.8, 4) is 0 Å². The number of hydrogen-bond donors (Lipinski definition) is 2. The third kappa shape index (κ3) is 5.78. The highest BCUT2D eigenvalue weighted by molar-refractivity contribution is 5.95. The van der Waals surface area contributed by atoms with Crippen LogP contribution >= 0.6 is 0 Å². The lowest BCUT2D eigenvalue weighted by atomic mass is 9.88. The molecule has 0 aromatic heterocycles. The number of amides is 1. The van der Waals surface area contributed by atoms with Gasteiger partial charge in [0.05, 0.1) is 18.6 Å². The summed E-state index contributed by atoms with van der Waals surface area (Å²) in [5.74, 6) is -2.02. The smallest absolute Gasteiger partial charge is 0.332 e. The second-order valence-electron chi connectivity index (χ2n) is 8.27. The zero-order chi connectivity index (χ0) is 21.4. The highest BCUT2D eigenvalue weighted by Crippen LogP contribution is 2.46. The minimum atomic E-state index is -1.07. The van der Waals surface area contributed by atoms with E-state index < -0.39 is 29.4 Å². The van der Waals surface area contributed by atoms with Gasteiger partial charge in [-0.15, -0.1) is 13.2 Å². The molecule has 0 aliphatic heterocycles. The van der Waals surface area contributed by atoms with Gasteiger partial charge < -0.3 is 15.2 Å². The molecule has 0 spiro atoms. The lowest BCUT2D eigenvalue weighted by Crippen LogP contribution is -2.49. The highest BCUT2D eigenvalue weighted by Gasteiger charge is 2.62. The number of unbranched alkanes of at least 4 members (excludes halogenated alkanes) is 4. The lowest BCUT2D eigenvalue weighted by Gasteiger charge is -2.22. The number of ether oxygens (including phenoxy) is 1. The molecule has 2 aliphatic rings. The van der Waals surface area contributed by atoms with Gasteiger partial charge in [0.25, 0.3) is 0 Å². The van der Waals surface area contributed by atoms with Crippen molar-refractivity contribution < 1.29 is 24.2 Å². The molecule has 0 radical (unpaired) electrons. The van der Waals surface area contributed by atoms with Crippen molar-refractivity contribution in [1.29, 1.82) is 0 Å². The van der Waals surface area contributed by atoms with Gasteiger partial charge in [0.1, 0.15) is 11.3 Å². The van der Waals surface area contributed by atoms with E-state index in [0.29, 0.717) is 19.3 Å². The number of carbonyl (C=O) groups is 3. The SMILES string of the molecule is C=CCCCCCCC(=O)[C@@H]1C[C@@H](O)C[C@H]1C(=O)N[C@]1(C(=O)OCC)C[C@H]1C=C. The number of nitrogens with one attached hydrogen (secondary N) is 1. The Morgan fingerprint density at radius 1 is 1.14 bits per heavy atom. The summed E-state index contributed by atoms with van der Waals surface area (Å²) in [5, 5.41) is 12.9. The first-order valence-electron chi connectivity index (χ1n) is 10.8. The Morgan fingerprint density at radius 2 is 1.83 bits per heavy atom. The Hall–Kier alpha value is -1.95. The van der Waals surface area contributed by atoms with Crippen LogP contribution in [0.3, 0.4) is 0 Å². The fraction of sp³-hybridized carbons (Fsp3) is 0.696. The fourth-order valence-corrected chi connectivity index (χ4v) is 4.36. The molecule has 2 saturated carbocycles. The Balaban J connectivity index is 1.93. The van der Waals surface area contributed by atoms with Crippen LogP contribution in [0.4, 0.5) is 0 Å². The van der Waals surface area contributed by atoms with Crippen LogP contribution in [0.1, 0.15) is 64.7 Å². The van der Waals surface area contributed by atoms with Gasteiger partial charge in [0, 0.05) is 18.3 Å². The molecule has 6 nitrogen and oxygen atoms in total. The number of aliphatic hydroxyl groups is 1. The summed E-state index contributed by atoms with van der Waals surface area (Å²) in [6.45, 7) is 9.38. The molecule has 5 atom stereocenters. The van der Waals surface area contributed by atoms with Gasteiger partial charge in [0.15, 0.2) is 0 Å².